The highest BCUT2D eigenvalue weighted by molar-refractivity contribution is 7.91. The van der Waals surface area contributed by atoms with Crippen molar-refractivity contribution in [2.24, 2.45) is 0 Å². The maximum atomic E-state index is 12.9. The van der Waals surface area contributed by atoms with E-state index in [2.05, 4.69) is 0 Å². The van der Waals surface area contributed by atoms with Gasteiger partial charge in [0.25, 0.3) is 5.91 Å². The number of halogens is 1. The van der Waals surface area contributed by atoms with Gasteiger partial charge < -0.3 is 9.80 Å². The Morgan fingerprint density at radius 2 is 1.80 bits per heavy atom. The van der Waals surface area contributed by atoms with Crippen LogP contribution in [0.1, 0.15) is 30.1 Å². The van der Waals surface area contributed by atoms with E-state index in [1.807, 2.05) is 6.92 Å². The monoisotopic (exact) mass is 384 g/mol. The molecule has 3 rings (SSSR count). The van der Waals surface area contributed by atoms with Gasteiger partial charge in [0.15, 0.2) is 9.84 Å². The van der Waals surface area contributed by atoms with Crippen molar-refractivity contribution in [1.82, 2.24) is 9.80 Å². The van der Waals surface area contributed by atoms with Crippen molar-refractivity contribution in [2.45, 2.75) is 31.8 Å². The zero-order valence-electron chi connectivity index (χ0n) is 14.0. The maximum Gasteiger partial charge on any atom is 0.254 e. The number of sulfone groups is 1. The molecule has 0 spiro atoms. The van der Waals surface area contributed by atoms with Crippen molar-refractivity contribution in [2.75, 3.05) is 24.6 Å². The van der Waals surface area contributed by atoms with E-state index >= 15 is 0 Å². The summed E-state index contributed by atoms with van der Waals surface area (Å²) in [5.74, 6) is -0.451. The van der Waals surface area contributed by atoms with Gasteiger partial charge in [0.1, 0.15) is 0 Å². The van der Waals surface area contributed by atoms with Crippen LogP contribution < -0.4 is 0 Å². The molecule has 1 aromatic rings. The first kappa shape index (κ1) is 18.2. The highest BCUT2D eigenvalue weighted by Gasteiger charge is 2.49. The number of nitrogens with zero attached hydrogens (tertiary/aromatic N) is 2. The summed E-state index contributed by atoms with van der Waals surface area (Å²) in [7, 11) is -3.28. The van der Waals surface area contributed by atoms with E-state index in [-0.39, 0.29) is 23.3 Å². The second-order valence-electron chi connectivity index (χ2n) is 6.56. The summed E-state index contributed by atoms with van der Waals surface area (Å²) in [4.78, 5) is 28.5. The summed E-state index contributed by atoms with van der Waals surface area (Å²) in [6, 6.07) is 5.67. The van der Waals surface area contributed by atoms with E-state index in [4.69, 9.17) is 11.6 Å². The zero-order chi connectivity index (χ0) is 18.2. The summed E-state index contributed by atoms with van der Waals surface area (Å²) in [6.45, 7) is 2.61. The van der Waals surface area contributed by atoms with Crippen LogP contribution in [0.2, 0.25) is 5.02 Å². The Morgan fingerprint density at radius 3 is 2.44 bits per heavy atom. The van der Waals surface area contributed by atoms with E-state index in [0.717, 1.165) is 0 Å². The van der Waals surface area contributed by atoms with Crippen LogP contribution in [0.15, 0.2) is 24.3 Å². The van der Waals surface area contributed by atoms with Gasteiger partial charge in [0.2, 0.25) is 5.91 Å². The van der Waals surface area contributed by atoms with Gasteiger partial charge in [-0.05, 0) is 24.6 Å². The zero-order valence-corrected chi connectivity index (χ0v) is 15.6. The SMILES string of the molecule is CCCC(=O)N1CCN(C(=O)c2cccc(Cl)c2)[C@H]2CS(=O)(=O)C[C@H]21. The number of carbonyl (C=O) groups is 2. The van der Waals surface area contributed by atoms with Crippen LogP contribution in [0.5, 0.6) is 0 Å². The van der Waals surface area contributed by atoms with Gasteiger partial charge in [0, 0.05) is 30.1 Å². The molecule has 1 aromatic carbocycles. The third-order valence-corrected chi connectivity index (χ3v) is 6.73. The van der Waals surface area contributed by atoms with Crippen molar-refractivity contribution in [3.05, 3.63) is 34.9 Å². The van der Waals surface area contributed by atoms with Crippen molar-refractivity contribution in [3.8, 4) is 0 Å². The molecule has 136 valence electrons. The van der Waals surface area contributed by atoms with Crippen LogP contribution in [0.4, 0.5) is 0 Å². The van der Waals surface area contributed by atoms with Gasteiger partial charge in [-0.1, -0.05) is 24.6 Å². The molecular formula is C17H21ClN2O4S. The largest absolute Gasteiger partial charge is 0.335 e. The number of hydrogen-bond acceptors (Lipinski definition) is 4. The highest BCUT2D eigenvalue weighted by Crippen LogP contribution is 2.29. The van der Waals surface area contributed by atoms with Crippen molar-refractivity contribution >= 4 is 33.3 Å². The molecule has 0 bridgehead atoms. The molecule has 2 saturated heterocycles. The minimum atomic E-state index is -3.28. The molecule has 2 aliphatic heterocycles. The summed E-state index contributed by atoms with van der Waals surface area (Å²) in [5, 5.41) is 0.457. The van der Waals surface area contributed by atoms with Crippen molar-refractivity contribution < 1.29 is 18.0 Å². The molecule has 2 heterocycles. The van der Waals surface area contributed by atoms with Gasteiger partial charge in [-0.3, -0.25) is 9.59 Å². The lowest BCUT2D eigenvalue weighted by atomic mass is 10.0. The quantitative estimate of drug-likeness (QED) is 0.793. The molecule has 2 atom stereocenters. The Labute approximate surface area is 152 Å². The maximum absolute atomic E-state index is 12.9. The third-order valence-electron chi connectivity index (χ3n) is 4.79. The number of benzene rings is 1. The van der Waals surface area contributed by atoms with Crippen LogP contribution in [0.3, 0.4) is 0 Å². The third kappa shape index (κ3) is 3.67. The summed E-state index contributed by atoms with van der Waals surface area (Å²) in [6.07, 6.45) is 1.11. The predicted molar refractivity (Wildman–Crippen MR) is 95.3 cm³/mol. The summed E-state index contributed by atoms with van der Waals surface area (Å²) in [5.41, 5.74) is 0.434. The predicted octanol–water partition coefficient (Wildman–Crippen LogP) is 1.59. The number of piperazine rings is 1. The van der Waals surface area contributed by atoms with Crippen LogP contribution in [0, 0.1) is 0 Å². The highest BCUT2D eigenvalue weighted by atomic mass is 35.5. The Morgan fingerprint density at radius 1 is 1.16 bits per heavy atom. The smallest absolute Gasteiger partial charge is 0.254 e. The topological polar surface area (TPSA) is 74.8 Å². The van der Waals surface area contributed by atoms with Crippen LogP contribution >= 0.6 is 11.6 Å². The number of carbonyl (C=O) groups excluding carboxylic acids is 2. The summed E-state index contributed by atoms with van der Waals surface area (Å²) >= 11 is 5.96. The van der Waals surface area contributed by atoms with Crippen molar-refractivity contribution in [1.29, 1.82) is 0 Å². The average molecular weight is 385 g/mol. The minimum Gasteiger partial charge on any atom is -0.335 e. The molecule has 8 heteroatoms. The molecule has 2 fully saturated rings. The second kappa shape index (κ2) is 6.96. The molecule has 2 amide bonds. The molecule has 0 unspecified atom stereocenters. The van der Waals surface area contributed by atoms with Crippen molar-refractivity contribution in [3.63, 3.8) is 0 Å². The molecular weight excluding hydrogens is 364 g/mol. The lowest BCUT2D eigenvalue weighted by Crippen LogP contribution is -2.61. The molecule has 0 radical (unpaired) electrons. The lowest BCUT2D eigenvalue weighted by Gasteiger charge is -2.44. The first-order valence-corrected chi connectivity index (χ1v) is 10.6. The van der Waals surface area contributed by atoms with Gasteiger partial charge in [-0.2, -0.15) is 0 Å². The van der Waals surface area contributed by atoms with E-state index < -0.39 is 21.9 Å². The normalized spacial score (nSPS) is 24.9. The number of amides is 2. The minimum absolute atomic E-state index is 0.0375. The summed E-state index contributed by atoms with van der Waals surface area (Å²) < 4.78 is 24.4. The Kier molecular flexibility index (Phi) is 5.06. The van der Waals surface area contributed by atoms with Gasteiger partial charge in [-0.15, -0.1) is 0 Å². The first-order chi connectivity index (χ1) is 11.8. The van der Waals surface area contributed by atoms with E-state index in [0.29, 0.717) is 36.5 Å². The molecule has 2 aliphatic rings. The van der Waals surface area contributed by atoms with Gasteiger partial charge in [-0.25, -0.2) is 8.42 Å². The van der Waals surface area contributed by atoms with Gasteiger partial charge >= 0.3 is 0 Å². The first-order valence-electron chi connectivity index (χ1n) is 8.39. The van der Waals surface area contributed by atoms with Crippen LogP contribution in [-0.2, 0) is 14.6 Å². The number of rotatable bonds is 3. The Bertz CT molecular complexity index is 796. The number of hydrogen-bond donors (Lipinski definition) is 0. The molecule has 25 heavy (non-hydrogen) atoms. The van der Waals surface area contributed by atoms with E-state index in [1.165, 1.54) is 0 Å². The Balaban J connectivity index is 1.88. The molecule has 6 nitrogen and oxygen atoms in total. The molecule has 0 N–H and O–H groups in total. The molecule has 0 aliphatic carbocycles. The van der Waals surface area contributed by atoms with E-state index in [1.54, 1.807) is 34.1 Å². The van der Waals surface area contributed by atoms with Gasteiger partial charge in [0.05, 0.1) is 23.6 Å². The average Bonchev–Trinajstić information content (AvgIpc) is 2.88. The Hall–Kier alpha value is -1.60. The fourth-order valence-electron chi connectivity index (χ4n) is 3.66. The van der Waals surface area contributed by atoms with Crippen LogP contribution in [0.25, 0.3) is 0 Å². The fraction of sp³-hybridized carbons (Fsp3) is 0.529. The number of fused-ring (bicyclic) bond motifs is 1. The molecule has 0 saturated carbocycles. The molecule has 0 aromatic heterocycles. The standard InChI is InChI=1S/C17H21ClN2O4S/c1-2-4-16(21)19-7-8-20(15-11-25(23,24)10-14(15)19)17(22)12-5-3-6-13(18)9-12/h3,5-6,9,14-15H,2,4,7-8,10-11H2,1H3/t14-,15+/m1/s1. The fourth-order valence-corrected chi connectivity index (χ4v) is 5.83. The van der Waals surface area contributed by atoms with Crippen LogP contribution in [-0.4, -0.2) is 66.7 Å². The lowest BCUT2D eigenvalue weighted by molar-refractivity contribution is -0.136. The second-order valence-corrected chi connectivity index (χ2v) is 9.15. The van der Waals surface area contributed by atoms with E-state index in [9.17, 15) is 18.0 Å².